The van der Waals surface area contributed by atoms with Gasteiger partial charge in [0.2, 0.25) is 0 Å². The fourth-order valence-corrected chi connectivity index (χ4v) is 1.62. The molecule has 2 nitrogen and oxygen atoms in total. The third kappa shape index (κ3) is 2.48. The zero-order valence-electron chi connectivity index (χ0n) is 6.42. The van der Waals surface area contributed by atoms with E-state index >= 15 is 0 Å². The molecule has 0 bridgehead atoms. The highest BCUT2D eigenvalue weighted by Gasteiger charge is 2.26. The molecule has 0 aromatic carbocycles. The number of rotatable bonds is 2. The van der Waals surface area contributed by atoms with Crippen LogP contribution in [0.4, 0.5) is 4.39 Å². The van der Waals surface area contributed by atoms with Crippen LogP contribution in [0.25, 0.3) is 0 Å². The quantitative estimate of drug-likeness (QED) is 0.670. The predicted octanol–water partition coefficient (Wildman–Crippen LogP) is 1.99. The molecule has 0 aromatic rings. The van der Waals surface area contributed by atoms with E-state index in [9.17, 15) is 9.18 Å². The largest absolute Gasteiger partial charge is 0.481 e. The SMILES string of the molecule is O=C(O)C[C@H]1CCCC[C@@H]1F. The molecule has 1 N–H and O–H groups in total. The van der Waals surface area contributed by atoms with Crippen LogP contribution in [0.5, 0.6) is 0 Å². The summed E-state index contributed by atoms with van der Waals surface area (Å²) in [4.78, 5) is 10.2. The van der Waals surface area contributed by atoms with Gasteiger partial charge in [0.25, 0.3) is 0 Å². The molecule has 0 spiro atoms. The van der Waals surface area contributed by atoms with Crippen LogP contribution >= 0.6 is 0 Å². The maximum Gasteiger partial charge on any atom is 0.303 e. The Morgan fingerprint density at radius 1 is 1.45 bits per heavy atom. The number of carbonyl (C=O) groups is 1. The van der Waals surface area contributed by atoms with Gasteiger partial charge in [-0.1, -0.05) is 12.8 Å². The Hall–Kier alpha value is -0.600. The first-order valence-corrected chi connectivity index (χ1v) is 4.06. The minimum atomic E-state index is -0.875. The maximum atomic E-state index is 12.9. The first kappa shape index (κ1) is 8.50. The first-order valence-electron chi connectivity index (χ1n) is 4.06. The van der Waals surface area contributed by atoms with Gasteiger partial charge in [-0.25, -0.2) is 4.39 Å². The van der Waals surface area contributed by atoms with Crippen LogP contribution in [0.1, 0.15) is 32.1 Å². The van der Waals surface area contributed by atoms with E-state index in [1.54, 1.807) is 0 Å². The van der Waals surface area contributed by atoms with Crippen molar-refractivity contribution in [2.75, 3.05) is 0 Å². The second-order valence-corrected chi connectivity index (χ2v) is 3.16. The lowest BCUT2D eigenvalue weighted by Crippen LogP contribution is -2.23. The molecule has 3 heteroatoms. The third-order valence-electron chi connectivity index (χ3n) is 2.25. The first-order chi connectivity index (χ1) is 5.20. The molecule has 1 saturated carbocycles. The van der Waals surface area contributed by atoms with E-state index in [4.69, 9.17) is 5.11 Å². The van der Waals surface area contributed by atoms with E-state index in [2.05, 4.69) is 0 Å². The summed E-state index contributed by atoms with van der Waals surface area (Å²) in [7, 11) is 0. The number of carboxylic acids is 1. The molecule has 0 heterocycles. The van der Waals surface area contributed by atoms with Crippen LogP contribution in [0, 0.1) is 5.92 Å². The summed E-state index contributed by atoms with van der Waals surface area (Å²) in [6.45, 7) is 0. The van der Waals surface area contributed by atoms with Crippen molar-refractivity contribution in [1.29, 1.82) is 0 Å². The van der Waals surface area contributed by atoms with E-state index in [1.807, 2.05) is 0 Å². The summed E-state index contributed by atoms with van der Waals surface area (Å²) in [5.41, 5.74) is 0. The molecule has 0 aromatic heterocycles. The molecule has 2 atom stereocenters. The van der Waals surface area contributed by atoms with Crippen LogP contribution < -0.4 is 0 Å². The molecular formula is C8H13FO2. The highest BCUT2D eigenvalue weighted by molar-refractivity contribution is 5.67. The fraction of sp³-hybridized carbons (Fsp3) is 0.875. The second kappa shape index (κ2) is 3.69. The third-order valence-corrected chi connectivity index (χ3v) is 2.25. The van der Waals surface area contributed by atoms with E-state index in [0.717, 1.165) is 19.3 Å². The Balaban J connectivity index is 2.35. The average molecular weight is 160 g/mol. The monoisotopic (exact) mass is 160 g/mol. The van der Waals surface area contributed by atoms with Crippen molar-refractivity contribution in [3.63, 3.8) is 0 Å². The minimum absolute atomic E-state index is 0.00116. The van der Waals surface area contributed by atoms with E-state index < -0.39 is 12.1 Å². The number of carboxylic acid groups (broad SMARTS) is 1. The summed E-state index contributed by atoms with van der Waals surface area (Å²) in [5, 5.41) is 8.42. The Labute approximate surface area is 65.4 Å². The van der Waals surface area contributed by atoms with Crippen molar-refractivity contribution in [2.45, 2.75) is 38.3 Å². The van der Waals surface area contributed by atoms with Gasteiger partial charge in [-0.2, -0.15) is 0 Å². The Bertz CT molecular complexity index is 147. The summed E-state index contributed by atoms with van der Waals surface area (Å²) in [6.07, 6.45) is 2.32. The molecule has 0 radical (unpaired) electrons. The summed E-state index contributed by atoms with van der Waals surface area (Å²) < 4.78 is 12.9. The van der Waals surface area contributed by atoms with Gasteiger partial charge in [0.1, 0.15) is 6.17 Å². The van der Waals surface area contributed by atoms with E-state index in [0.29, 0.717) is 6.42 Å². The second-order valence-electron chi connectivity index (χ2n) is 3.16. The minimum Gasteiger partial charge on any atom is -0.481 e. The molecule has 64 valence electrons. The van der Waals surface area contributed by atoms with Gasteiger partial charge < -0.3 is 5.11 Å². The molecule has 0 aliphatic heterocycles. The van der Waals surface area contributed by atoms with Gasteiger partial charge >= 0.3 is 5.97 Å². The normalized spacial score (nSPS) is 31.7. The van der Waals surface area contributed by atoms with E-state index in [-0.39, 0.29) is 12.3 Å². The molecule has 11 heavy (non-hydrogen) atoms. The highest BCUT2D eigenvalue weighted by atomic mass is 19.1. The van der Waals surface area contributed by atoms with Crippen LogP contribution in [-0.2, 0) is 4.79 Å². The smallest absolute Gasteiger partial charge is 0.303 e. The van der Waals surface area contributed by atoms with Gasteiger partial charge in [0, 0.05) is 5.92 Å². The Morgan fingerprint density at radius 3 is 2.64 bits per heavy atom. The molecule has 1 fully saturated rings. The van der Waals surface area contributed by atoms with E-state index in [1.165, 1.54) is 0 Å². The average Bonchev–Trinajstić information content (AvgIpc) is 1.93. The molecule has 1 rings (SSSR count). The van der Waals surface area contributed by atoms with Crippen molar-refractivity contribution < 1.29 is 14.3 Å². The molecule has 0 unspecified atom stereocenters. The molecule has 1 aliphatic rings. The number of alkyl halides is 1. The molecule has 1 aliphatic carbocycles. The van der Waals surface area contributed by atoms with Gasteiger partial charge in [-0.3, -0.25) is 4.79 Å². The van der Waals surface area contributed by atoms with Crippen LogP contribution in [0.2, 0.25) is 0 Å². The number of hydrogen-bond acceptors (Lipinski definition) is 1. The summed E-state index contributed by atoms with van der Waals surface area (Å²) in [6, 6.07) is 0. The zero-order chi connectivity index (χ0) is 8.27. The Morgan fingerprint density at radius 2 is 2.09 bits per heavy atom. The fourth-order valence-electron chi connectivity index (χ4n) is 1.62. The van der Waals surface area contributed by atoms with Crippen LogP contribution in [0.15, 0.2) is 0 Å². The maximum absolute atomic E-state index is 12.9. The molecular weight excluding hydrogens is 147 g/mol. The van der Waals surface area contributed by atoms with Crippen molar-refractivity contribution >= 4 is 5.97 Å². The predicted molar refractivity (Wildman–Crippen MR) is 39.1 cm³/mol. The van der Waals surface area contributed by atoms with Gasteiger partial charge in [-0.15, -0.1) is 0 Å². The lowest BCUT2D eigenvalue weighted by atomic mass is 9.85. The number of halogens is 1. The summed E-state index contributed by atoms with van der Waals surface area (Å²) >= 11 is 0. The summed E-state index contributed by atoms with van der Waals surface area (Å²) in [5.74, 6) is -1.10. The van der Waals surface area contributed by atoms with Gasteiger partial charge in [0.05, 0.1) is 6.42 Å². The number of hydrogen-bond donors (Lipinski definition) is 1. The standard InChI is InChI=1S/C8H13FO2/c9-7-4-2-1-3-6(7)5-8(10)11/h6-7H,1-5H2,(H,10,11)/t6-,7+/m1/s1. The molecule has 0 amide bonds. The van der Waals surface area contributed by atoms with Crippen molar-refractivity contribution in [3.05, 3.63) is 0 Å². The number of aliphatic carboxylic acids is 1. The van der Waals surface area contributed by atoms with Crippen molar-refractivity contribution in [2.24, 2.45) is 5.92 Å². The lowest BCUT2D eigenvalue weighted by molar-refractivity contribution is -0.139. The lowest BCUT2D eigenvalue weighted by Gasteiger charge is -2.23. The van der Waals surface area contributed by atoms with Gasteiger partial charge in [0.15, 0.2) is 0 Å². The zero-order valence-corrected chi connectivity index (χ0v) is 6.42. The van der Waals surface area contributed by atoms with Crippen LogP contribution in [0.3, 0.4) is 0 Å². The van der Waals surface area contributed by atoms with Crippen molar-refractivity contribution in [1.82, 2.24) is 0 Å². The van der Waals surface area contributed by atoms with Gasteiger partial charge in [-0.05, 0) is 12.8 Å². The Kier molecular flexibility index (Phi) is 2.85. The van der Waals surface area contributed by atoms with Crippen molar-refractivity contribution in [3.8, 4) is 0 Å². The topological polar surface area (TPSA) is 37.3 Å². The van der Waals surface area contributed by atoms with Crippen LogP contribution in [-0.4, -0.2) is 17.2 Å². The highest BCUT2D eigenvalue weighted by Crippen LogP contribution is 2.29. The molecule has 0 saturated heterocycles.